The third-order valence-electron chi connectivity index (χ3n) is 5.48. The lowest BCUT2D eigenvalue weighted by Crippen LogP contribution is -2.07. The topological polar surface area (TPSA) is 85.7 Å². The molecule has 1 aliphatic rings. The number of halogens is 2. The number of aryl methyl sites for hydroxylation is 1. The third kappa shape index (κ3) is 3.75. The molecule has 0 fully saturated rings. The highest BCUT2D eigenvalue weighted by molar-refractivity contribution is 9.10. The van der Waals surface area contributed by atoms with Crippen molar-refractivity contribution in [2.24, 2.45) is 0 Å². The van der Waals surface area contributed by atoms with E-state index in [1.165, 1.54) is 7.11 Å². The average Bonchev–Trinajstić information content (AvgIpc) is 3.49. The molecule has 2 aromatic heterocycles. The zero-order chi connectivity index (χ0) is 21.5. The quantitative estimate of drug-likeness (QED) is 0.354. The van der Waals surface area contributed by atoms with Crippen LogP contribution in [0, 0.1) is 0 Å². The van der Waals surface area contributed by atoms with E-state index in [2.05, 4.69) is 47.2 Å². The number of rotatable bonds is 5. The number of carbonyl (C=O) groups excluding carboxylic acids is 1. The van der Waals surface area contributed by atoms with Gasteiger partial charge < -0.3 is 9.30 Å². The largest absolute Gasteiger partial charge is 0.469 e. The van der Waals surface area contributed by atoms with Gasteiger partial charge in [0, 0.05) is 48.4 Å². The lowest BCUT2D eigenvalue weighted by Gasteiger charge is -2.12. The summed E-state index contributed by atoms with van der Waals surface area (Å²) in [6.07, 6.45) is 1.24. The first-order valence-corrected chi connectivity index (χ1v) is 11.6. The highest BCUT2D eigenvalue weighted by Gasteiger charge is 2.33. The maximum absolute atomic E-state index is 12.1. The molecule has 0 saturated heterocycles. The summed E-state index contributed by atoms with van der Waals surface area (Å²) in [5, 5.41) is 16.2. The van der Waals surface area contributed by atoms with E-state index in [1.807, 2.05) is 30.3 Å². The Labute approximate surface area is 195 Å². The van der Waals surface area contributed by atoms with Crippen LogP contribution in [0.3, 0.4) is 0 Å². The molecule has 1 atom stereocenters. The summed E-state index contributed by atoms with van der Waals surface area (Å²) in [4.78, 5) is 14.3. The number of nitrogens with zero attached hydrogens (tertiary/aromatic N) is 4. The van der Waals surface area contributed by atoms with E-state index in [1.54, 1.807) is 11.8 Å². The van der Waals surface area contributed by atoms with Crippen molar-refractivity contribution in [3.63, 3.8) is 0 Å². The molecule has 0 radical (unpaired) electrons. The number of tetrazole rings is 1. The molecule has 1 unspecified atom stereocenters. The molecule has 7 nitrogen and oxygen atoms in total. The second-order valence-corrected chi connectivity index (χ2v) is 9.65. The van der Waals surface area contributed by atoms with Crippen LogP contribution in [0.1, 0.15) is 24.5 Å². The first kappa shape index (κ1) is 20.5. The maximum Gasteiger partial charge on any atom is 0.306 e. The van der Waals surface area contributed by atoms with Crippen LogP contribution in [0.4, 0.5) is 0 Å². The van der Waals surface area contributed by atoms with Gasteiger partial charge in [0.1, 0.15) is 0 Å². The van der Waals surface area contributed by atoms with E-state index in [9.17, 15) is 4.79 Å². The highest BCUT2D eigenvalue weighted by Crippen LogP contribution is 2.49. The van der Waals surface area contributed by atoms with Crippen LogP contribution in [-0.4, -0.2) is 38.3 Å². The fraction of sp³-hybridized carbons (Fsp3) is 0.238. The van der Waals surface area contributed by atoms with Gasteiger partial charge in [0.2, 0.25) is 5.82 Å². The first-order chi connectivity index (χ1) is 15.0. The zero-order valence-electron chi connectivity index (χ0n) is 16.4. The summed E-state index contributed by atoms with van der Waals surface area (Å²) < 4.78 is 8.20. The molecule has 0 aliphatic carbocycles. The predicted octanol–water partition coefficient (Wildman–Crippen LogP) is 5.44. The van der Waals surface area contributed by atoms with Crippen LogP contribution in [0.2, 0.25) is 5.02 Å². The molecule has 1 N–H and O–H groups in total. The maximum atomic E-state index is 12.1. The van der Waals surface area contributed by atoms with Gasteiger partial charge in [-0.3, -0.25) is 4.79 Å². The van der Waals surface area contributed by atoms with Crippen LogP contribution in [0.25, 0.3) is 22.3 Å². The Kier molecular flexibility index (Phi) is 5.49. The van der Waals surface area contributed by atoms with E-state index in [0.717, 1.165) is 49.4 Å². The Balaban J connectivity index is 1.69. The number of fused-ring (bicyclic) bond motifs is 3. The number of hydrogen-bond acceptors (Lipinski definition) is 6. The molecule has 31 heavy (non-hydrogen) atoms. The first-order valence-electron chi connectivity index (χ1n) is 9.65. The smallest absolute Gasteiger partial charge is 0.306 e. The van der Waals surface area contributed by atoms with Gasteiger partial charge in [-0.25, -0.2) is 0 Å². The van der Waals surface area contributed by atoms with Crippen molar-refractivity contribution in [3.8, 4) is 11.4 Å². The van der Waals surface area contributed by atoms with Crippen LogP contribution in [0.15, 0.2) is 50.7 Å². The molecular weight excluding hydrogens is 502 g/mol. The zero-order valence-corrected chi connectivity index (χ0v) is 19.6. The number of aromatic amines is 1. The van der Waals surface area contributed by atoms with Crippen LogP contribution in [-0.2, 0) is 16.1 Å². The molecule has 2 aromatic carbocycles. The van der Waals surface area contributed by atoms with Crippen LogP contribution in [0.5, 0.6) is 0 Å². The molecule has 5 rings (SSSR count). The Morgan fingerprint density at radius 3 is 2.87 bits per heavy atom. The van der Waals surface area contributed by atoms with Crippen molar-refractivity contribution >= 4 is 56.2 Å². The van der Waals surface area contributed by atoms with E-state index in [4.69, 9.17) is 16.3 Å². The molecule has 0 spiro atoms. The SMILES string of the molecule is COC(=O)CC1CCn2c1c(Sc1ccc(Cl)cc1)c1c(Br)cc(-c3nn[nH]n3)cc12. The van der Waals surface area contributed by atoms with Crippen molar-refractivity contribution in [1.29, 1.82) is 0 Å². The van der Waals surface area contributed by atoms with Gasteiger partial charge >= 0.3 is 5.97 Å². The van der Waals surface area contributed by atoms with E-state index in [-0.39, 0.29) is 11.9 Å². The van der Waals surface area contributed by atoms with E-state index < -0.39 is 0 Å². The van der Waals surface area contributed by atoms with Crippen molar-refractivity contribution in [3.05, 3.63) is 51.6 Å². The van der Waals surface area contributed by atoms with Crippen LogP contribution < -0.4 is 0 Å². The number of esters is 1. The normalized spacial score (nSPS) is 15.4. The molecule has 0 bridgehead atoms. The molecule has 3 heterocycles. The van der Waals surface area contributed by atoms with Gasteiger partial charge in [-0.2, -0.15) is 5.21 Å². The molecular formula is C21H17BrClN5O2S. The van der Waals surface area contributed by atoms with Gasteiger partial charge in [0.15, 0.2) is 0 Å². The molecule has 10 heteroatoms. The number of benzene rings is 2. The minimum Gasteiger partial charge on any atom is -0.469 e. The summed E-state index contributed by atoms with van der Waals surface area (Å²) in [5.74, 6) is 0.432. The van der Waals surface area contributed by atoms with Crippen molar-refractivity contribution < 1.29 is 9.53 Å². The lowest BCUT2D eigenvalue weighted by molar-refractivity contribution is -0.141. The number of carbonyl (C=O) groups is 1. The van der Waals surface area contributed by atoms with E-state index >= 15 is 0 Å². The summed E-state index contributed by atoms with van der Waals surface area (Å²) >= 11 is 11.5. The Bertz CT molecular complexity index is 1270. The van der Waals surface area contributed by atoms with Gasteiger partial charge in [-0.05, 0) is 48.0 Å². The van der Waals surface area contributed by atoms with Crippen molar-refractivity contribution in [2.75, 3.05) is 7.11 Å². The molecule has 0 saturated carbocycles. The lowest BCUT2D eigenvalue weighted by atomic mass is 10.00. The highest BCUT2D eigenvalue weighted by atomic mass is 79.9. The summed E-state index contributed by atoms with van der Waals surface area (Å²) in [7, 11) is 1.43. The fourth-order valence-corrected chi connectivity index (χ4v) is 6.21. The number of nitrogens with one attached hydrogen (secondary N) is 1. The summed E-state index contributed by atoms with van der Waals surface area (Å²) in [6, 6.07) is 11.9. The second kappa shape index (κ2) is 8.29. The monoisotopic (exact) mass is 517 g/mol. The number of H-pyrrole nitrogens is 1. The number of hydrogen-bond donors (Lipinski definition) is 1. The number of ether oxygens (including phenoxy) is 1. The minimum atomic E-state index is -0.197. The van der Waals surface area contributed by atoms with Gasteiger partial charge in [-0.1, -0.05) is 39.3 Å². The molecule has 158 valence electrons. The average molecular weight is 519 g/mol. The summed E-state index contributed by atoms with van der Waals surface area (Å²) in [5.41, 5.74) is 3.10. The van der Waals surface area contributed by atoms with Crippen molar-refractivity contribution in [1.82, 2.24) is 25.2 Å². The number of methoxy groups -OCH3 is 1. The van der Waals surface area contributed by atoms with Crippen molar-refractivity contribution in [2.45, 2.75) is 35.1 Å². The van der Waals surface area contributed by atoms with E-state index in [0.29, 0.717) is 17.3 Å². The summed E-state index contributed by atoms with van der Waals surface area (Å²) in [6.45, 7) is 0.830. The standard InChI is InChI=1S/C21H17BrClN5O2S/c1-30-17(29)10-11-6-7-28-16-9-12(21-24-26-27-25-21)8-15(22)18(16)20(19(11)28)31-14-4-2-13(23)3-5-14/h2-5,8-9,11H,6-7,10H2,1H3,(H,24,25,26,27). The van der Waals surface area contributed by atoms with Gasteiger partial charge in [0.05, 0.1) is 19.0 Å². The predicted molar refractivity (Wildman–Crippen MR) is 122 cm³/mol. The molecule has 1 aliphatic heterocycles. The Morgan fingerprint density at radius 1 is 1.35 bits per heavy atom. The Morgan fingerprint density at radius 2 is 2.16 bits per heavy atom. The van der Waals surface area contributed by atoms with Gasteiger partial charge in [-0.15, -0.1) is 10.2 Å². The Hall–Kier alpha value is -2.36. The minimum absolute atomic E-state index is 0.0928. The fourth-order valence-electron chi connectivity index (χ4n) is 4.10. The van der Waals surface area contributed by atoms with Gasteiger partial charge in [0.25, 0.3) is 0 Å². The second-order valence-electron chi connectivity index (χ2n) is 7.28. The molecule has 4 aromatic rings. The third-order valence-corrected chi connectivity index (χ3v) is 7.48. The van der Waals surface area contributed by atoms with Crippen LogP contribution >= 0.6 is 39.3 Å². The molecule has 0 amide bonds. The number of aromatic nitrogens is 5.